The molecule has 0 unspecified atom stereocenters. The Morgan fingerprint density at radius 2 is 1.81 bits per heavy atom. The maximum absolute atomic E-state index is 12.8. The fourth-order valence-electron chi connectivity index (χ4n) is 5.93. The van der Waals surface area contributed by atoms with Crippen molar-refractivity contribution in [2.75, 3.05) is 0 Å². The Morgan fingerprint density at radius 3 is 2.42 bits per heavy atom. The molecular formula is C25H39N3O3. The van der Waals surface area contributed by atoms with Crippen LogP contribution in [0.15, 0.2) is 24.5 Å². The summed E-state index contributed by atoms with van der Waals surface area (Å²) in [5, 5.41) is 17.8. The molecule has 3 N–H and O–H groups in total. The molecule has 1 aromatic heterocycles. The second kappa shape index (κ2) is 8.89. The molecule has 3 rings (SSSR count). The lowest BCUT2D eigenvalue weighted by Crippen LogP contribution is -2.59. The van der Waals surface area contributed by atoms with Crippen molar-refractivity contribution in [3.05, 3.63) is 30.1 Å². The summed E-state index contributed by atoms with van der Waals surface area (Å²) in [6, 6.07) is 3.44. The number of pyridine rings is 1. The first kappa shape index (κ1) is 23.7. The SMILES string of the molecule is C[C@@H]1[C@@H]2[C@@H](O)[C@@H]([C@H](C)C(=O)NC(C)(C)C)CC[C@]2(C)CC[C@@H]1NC(=O)c1ccncc1. The van der Waals surface area contributed by atoms with Gasteiger partial charge in [0.2, 0.25) is 5.91 Å². The Kier molecular flexibility index (Phi) is 6.80. The van der Waals surface area contributed by atoms with E-state index in [4.69, 9.17) is 0 Å². The third-order valence-corrected chi connectivity index (χ3v) is 7.70. The normalized spacial score (nSPS) is 34.4. The van der Waals surface area contributed by atoms with E-state index >= 15 is 0 Å². The number of rotatable bonds is 4. The van der Waals surface area contributed by atoms with Crippen LogP contribution in [0.5, 0.6) is 0 Å². The van der Waals surface area contributed by atoms with Gasteiger partial charge in [-0.3, -0.25) is 14.6 Å². The molecule has 0 radical (unpaired) electrons. The van der Waals surface area contributed by atoms with Crippen LogP contribution in [-0.4, -0.2) is 39.6 Å². The summed E-state index contributed by atoms with van der Waals surface area (Å²) in [6.45, 7) is 12.3. The van der Waals surface area contributed by atoms with Crippen LogP contribution in [0.3, 0.4) is 0 Å². The van der Waals surface area contributed by atoms with E-state index in [9.17, 15) is 14.7 Å². The minimum atomic E-state index is -0.560. The number of aliphatic hydroxyl groups excluding tert-OH is 1. The van der Waals surface area contributed by atoms with Crippen molar-refractivity contribution < 1.29 is 14.7 Å². The van der Waals surface area contributed by atoms with Crippen molar-refractivity contribution >= 4 is 11.8 Å². The first-order valence-corrected chi connectivity index (χ1v) is 11.6. The van der Waals surface area contributed by atoms with Gasteiger partial charge in [-0.1, -0.05) is 20.8 Å². The maximum Gasteiger partial charge on any atom is 0.251 e. The third-order valence-electron chi connectivity index (χ3n) is 7.70. The zero-order valence-corrected chi connectivity index (χ0v) is 19.8. The van der Waals surface area contributed by atoms with Crippen LogP contribution in [0.4, 0.5) is 0 Å². The molecule has 2 saturated carbocycles. The Balaban J connectivity index is 1.74. The maximum atomic E-state index is 12.8. The molecule has 2 fully saturated rings. The van der Waals surface area contributed by atoms with Gasteiger partial charge in [-0.25, -0.2) is 0 Å². The van der Waals surface area contributed by atoms with Gasteiger partial charge < -0.3 is 15.7 Å². The monoisotopic (exact) mass is 429 g/mol. The van der Waals surface area contributed by atoms with Crippen LogP contribution in [-0.2, 0) is 4.79 Å². The van der Waals surface area contributed by atoms with Crippen LogP contribution < -0.4 is 10.6 Å². The van der Waals surface area contributed by atoms with Crippen molar-refractivity contribution in [1.82, 2.24) is 15.6 Å². The van der Waals surface area contributed by atoms with Gasteiger partial charge in [-0.15, -0.1) is 0 Å². The molecule has 0 aliphatic heterocycles. The molecule has 2 aliphatic rings. The summed E-state index contributed by atoms with van der Waals surface area (Å²) < 4.78 is 0. The molecule has 0 bridgehead atoms. The van der Waals surface area contributed by atoms with Crippen molar-refractivity contribution in [2.24, 2.45) is 29.1 Å². The zero-order chi connectivity index (χ0) is 23.0. The number of carbonyl (C=O) groups is 2. The number of amides is 2. The summed E-state index contributed by atoms with van der Waals surface area (Å²) in [6.07, 6.45) is 6.41. The molecule has 172 valence electrons. The average molecular weight is 430 g/mol. The van der Waals surface area contributed by atoms with E-state index < -0.39 is 6.10 Å². The largest absolute Gasteiger partial charge is 0.392 e. The van der Waals surface area contributed by atoms with E-state index in [0.29, 0.717) is 5.56 Å². The van der Waals surface area contributed by atoms with Crippen molar-refractivity contribution in [2.45, 2.75) is 84.9 Å². The van der Waals surface area contributed by atoms with Crippen LogP contribution in [0.1, 0.15) is 77.6 Å². The molecule has 1 aromatic rings. The number of fused-ring (bicyclic) bond motifs is 1. The molecule has 1 heterocycles. The summed E-state index contributed by atoms with van der Waals surface area (Å²) in [4.78, 5) is 29.5. The fourth-order valence-corrected chi connectivity index (χ4v) is 5.93. The highest BCUT2D eigenvalue weighted by Crippen LogP contribution is 2.55. The summed E-state index contributed by atoms with van der Waals surface area (Å²) in [5.41, 5.74) is 0.345. The number of aromatic nitrogens is 1. The van der Waals surface area contributed by atoms with Crippen LogP contribution in [0.25, 0.3) is 0 Å². The van der Waals surface area contributed by atoms with Gasteiger partial charge in [-0.05, 0) is 81.8 Å². The van der Waals surface area contributed by atoms with Gasteiger partial charge in [0, 0.05) is 35.5 Å². The highest BCUT2D eigenvalue weighted by atomic mass is 16.3. The number of nitrogens with zero attached hydrogens (tertiary/aromatic N) is 1. The van der Waals surface area contributed by atoms with E-state index in [0.717, 1.165) is 25.7 Å². The van der Waals surface area contributed by atoms with Gasteiger partial charge in [0.05, 0.1) is 6.10 Å². The van der Waals surface area contributed by atoms with E-state index in [-0.39, 0.29) is 52.5 Å². The number of carbonyl (C=O) groups excluding carboxylic acids is 2. The molecule has 31 heavy (non-hydrogen) atoms. The molecule has 2 aliphatic carbocycles. The fraction of sp³-hybridized carbons (Fsp3) is 0.720. The van der Waals surface area contributed by atoms with Gasteiger partial charge in [-0.2, -0.15) is 0 Å². The lowest BCUT2D eigenvalue weighted by molar-refractivity contribution is -0.143. The predicted octanol–water partition coefficient (Wildman–Crippen LogP) is 3.55. The second-order valence-corrected chi connectivity index (χ2v) is 11.1. The van der Waals surface area contributed by atoms with Gasteiger partial charge in [0.25, 0.3) is 5.91 Å². The van der Waals surface area contributed by atoms with Crippen LogP contribution in [0.2, 0.25) is 0 Å². The minimum absolute atomic E-state index is 0.00541. The number of nitrogens with one attached hydrogen (secondary N) is 2. The topological polar surface area (TPSA) is 91.3 Å². The molecule has 6 nitrogen and oxygen atoms in total. The molecular weight excluding hydrogens is 390 g/mol. The minimum Gasteiger partial charge on any atom is -0.392 e. The van der Waals surface area contributed by atoms with E-state index in [1.54, 1.807) is 24.5 Å². The van der Waals surface area contributed by atoms with Crippen molar-refractivity contribution in [3.63, 3.8) is 0 Å². The summed E-state index contributed by atoms with van der Waals surface area (Å²) in [5.74, 6) is -0.239. The molecule has 2 amide bonds. The van der Waals surface area contributed by atoms with Crippen molar-refractivity contribution in [3.8, 4) is 0 Å². The van der Waals surface area contributed by atoms with Gasteiger partial charge >= 0.3 is 0 Å². The molecule has 7 atom stereocenters. The Bertz CT molecular complexity index is 791. The Morgan fingerprint density at radius 1 is 1.19 bits per heavy atom. The smallest absolute Gasteiger partial charge is 0.251 e. The average Bonchev–Trinajstić information content (AvgIpc) is 2.69. The van der Waals surface area contributed by atoms with E-state index in [2.05, 4.69) is 29.5 Å². The second-order valence-electron chi connectivity index (χ2n) is 11.1. The number of hydrogen-bond acceptors (Lipinski definition) is 4. The standard InChI is InChI=1S/C25H39N3O3/c1-15(22(30)28-24(3,4)5)18-7-11-25(6)12-8-19(16(2)20(25)21(18)29)27-23(31)17-9-13-26-14-10-17/h9-10,13-16,18-21,29H,7-8,11-12H2,1-6H3,(H,27,31)(H,28,30)/t15-,16-,18+,19-,20+,21-,25+/m0/s1. The summed E-state index contributed by atoms with van der Waals surface area (Å²) >= 11 is 0. The quantitative estimate of drug-likeness (QED) is 0.683. The zero-order valence-electron chi connectivity index (χ0n) is 19.8. The Labute approximate surface area is 186 Å². The molecule has 6 heteroatoms. The van der Waals surface area contributed by atoms with E-state index in [1.807, 2.05) is 27.7 Å². The molecule has 0 spiro atoms. The number of hydrogen-bond donors (Lipinski definition) is 3. The van der Waals surface area contributed by atoms with Gasteiger partial charge in [0.15, 0.2) is 0 Å². The molecule has 0 aromatic carbocycles. The van der Waals surface area contributed by atoms with Crippen LogP contribution >= 0.6 is 0 Å². The first-order valence-electron chi connectivity index (χ1n) is 11.6. The lowest BCUT2D eigenvalue weighted by atomic mass is 9.51. The van der Waals surface area contributed by atoms with E-state index in [1.165, 1.54) is 0 Å². The highest BCUT2D eigenvalue weighted by molar-refractivity contribution is 5.94. The lowest BCUT2D eigenvalue weighted by Gasteiger charge is -2.56. The summed E-state index contributed by atoms with van der Waals surface area (Å²) in [7, 11) is 0. The van der Waals surface area contributed by atoms with Crippen molar-refractivity contribution in [1.29, 1.82) is 0 Å². The Hall–Kier alpha value is -1.95. The highest BCUT2D eigenvalue weighted by Gasteiger charge is 2.54. The third kappa shape index (κ3) is 5.11. The number of aliphatic hydroxyl groups is 1. The predicted molar refractivity (Wildman–Crippen MR) is 121 cm³/mol. The van der Waals surface area contributed by atoms with Crippen LogP contribution in [0, 0.1) is 29.1 Å². The molecule has 0 saturated heterocycles. The van der Waals surface area contributed by atoms with Gasteiger partial charge in [0.1, 0.15) is 0 Å². The first-order chi connectivity index (χ1) is 14.4.